The highest BCUT2D eigenvalue weighted by atomic mass is 16.2. The summed E-state index contributed by atoms with van der Waals surface area (Å²) >= 11 is 0. The molecule has 3 aromatic heterocycles. The molecule has 0 aliphatic carbocycles. The monoisotopic (exact) mass is 477 g/mol. The molecular formula is C28H27N7O. The summed E-state index contributed by atoms with van der Waals surface area (Å²) in [5, 5.41) is 4.50. The number of nitrogen functional groups attached to an aromatic ring is 1. The Kier molecular flexibility index (Phi) is 4.73. The molecule has 7 rings (SSSR count). The van der Waals surface area contributed by atoms with Gasteiger partial charge in [-0.05, 0) is 49.1 Å². The number of para-hydroxylation sites is 1. The Balaban J connectivity index is 1.19. The summed E-state index contributed by atoms with van der Waals surface area (Å²) in [5.74, 6) is 1.80. The van der Waals surface area contributed by atoms with E-state index < -0.39 is 0 Å². The number of benzene rings is 2. The van der Waals surface area contributed by atoms with Crippen molar-refractivity contribution in [1.82, 2.24) is 24.3 Å². The molecule has 8 heteroatoms. The first kappa shape index (κ1) is 21.0. The number of fused-ring (bicyclic) bond motifs is 3. The molecule has 1 saturated heterocycles. The molecule has 180 valence electrons. The van der Waals surface area contributed by atoms with Crippen LogP contribution in [0, 0.1) is 0 Å². The highest BCUT2D eigenvalue weighted by molar-refractivity contribution is 5.97. The van der Waals surface area contributed by atoms with E-state index in [9.17, 15) is 4.79 Å². The van der Waals surface area contributed by atoms with Crippen LogP contribution in [0.4, 0.5) is 11.5 Å². The molecule has 5 heterocycles. The van der Waals surface area contributed by atoms with Gasteiger partial charge in [-0.15, -0.1) is 0 Å². The van der Waals surface area contributed by atoms with E-state index >= 15 is 0 Å². The second kappa shape index (κ2) is 8.12. The van der Waals surface area contributed by atoms with E-state index in [1.165, 1.54) is 0 Å². The highest BCUT2D eigenvalue weighted by Crippen LogP contribution is 2.36. The normalized spacial score (nSPS) is 15.9. The van der Waals surface area contributed by atoms with Crippen LogP contribution in [0.15, 0.2) is 60.9 Å². The van der Waals surface area contributed by atoms with Crippen molar-refractivity contribution in [1.29, 1.82) is 0 Å². The number of imidazole rings is 1. The molecule has 1 amide bonds. The number of aromatic nitrogens is 4. The van der Waals surface area contributed by atoms with E-state index in [-0.39, 0.29) is 11.8 Å². The number of nitrogens with one attached hydrogen (secondary N) is 2. The fraction of sp³-hybridized carbons (Fsp3) is 0.250. The zero-order valence-electron chi connectivity index (χ0n) is 19.9. The lowest BCUT2D eigenvalue weighted by Crippen LogP contribution is -2.38. The third-order valence-corrected chi connectivity index (χ3v) is 7.64. The third-order valence-electron chi connectivity index (χ3n) is 7.64. The molecular weight excluding hydrogens is 450 g/mol. The molecule has 0 unspecified atom stereocenters. The van der Waals surface area contributed by atoms with Gasteiger partial charge >= 0.3 is 0 Å². The molecule has 0 bridgehead atoms. The van der Waals surface area contributed by atoms with Gasteiger partial charge in [0.1, 0.15) is 22.9 Å². The van der Waals surface area contributed by atoms with Crippen LogP contribution in [0.1, 0.15) is 40.5 Å². The van der Waals surface area contributed by atoms with Gasteiger partial charge in [0.25, 0.3) is 5.91 Å². The number of rotatable bonds is 3. The quantitative estimate of drug-likeness (QED) is 0.356. The first-order valence-electron chi connectivity index (χ1n) is 12.5. The molecule has 36 heavy (non-hydrogen) atoms. The number of anilines is 2. The zero-order chi connectivity index (χ0) is 24.2. The molecule has 1 fully saturated rings. The highest BCUT2D eigenvalue weighted by Gasteiger charge is 2.30. The molecule has 0 saturated carbocycles. The lowest BCUT2D eigenvalue weighted by atomic mass is 9.94. The van der Waals surface area contributed by atoms with Gasteiger partial charge in [-0.25, -0.2) is 9.97 Å². The average Bonchev–Trinajstić information content (AvgIpc) is 3.65. The maximum Gasteiger partial charge on any atom is 0.254 e. The molecule has 5 aromatic rings. The molecule has 4 N–H and O–H groups in total. The van der Waals surface area contributed by atoms with Crippen LogP contribution < -0.4 is 11.1 Å². The van der Waals surface area contributed by atoms with E-state index in [1.54, 1.807) is 6.20 Å². The van der Waals surface area contributed by atoms with E-state index in [1.807, 2.05) is 35.4 Å². The predicted molar refractivity (Wildman–Crippen MR) is 141 cm³/mol. The summed E-state index contributed by atoms with van der Waals surface area (Å²) < 4.78 is 2.08. The van der Waals surface area contributed by atoms with Gasteiger partial charge in [-0.1, -0.05) is 24.3 Å². The van der Waals surface area contributed by atoms with Crippen molar-refractivity contribution in [3.63, 3.8) is 0 Å². The van der Waals surface area contributed by atoms with Crippen LogP contribution in [0.25, 0.3) is 27.8 Å². The Morgan fingerprint density at radius 3 is 2.81 bits per heavy atom. The van der Waals surface area contributed by atoms with Crippen molar-refractivity contribution in [2.75, 3.05) is 30.7 Å². The molecule has 2 aromatic carbocycles. The van der Waals surface area contributed by atoms with Crippen molar-refractivity contribution in [2.45, 2.75) is 25.2 Å². The summed E-state index contributed by atoms with van der Waals surface area (Å²) in [6.07, 6.45) is 6.28. The molecule has 0 radical (unpaired) electrons. The fourth-order valence-electron chi connectivity index (χ4n) is 5.82. The molecule has 2 aliphatic rings. The summed E-state index contributed by atoms with van der Waals surface area (Å²) in [6, 6.07) is 16.3. The largest absolute Gasteiger partial charge is 0.384 e. The molecule has 0 spiro atoms. The fourth-order valence-corrected chi connectivity index (χ4v) is 5.82. The Hall–Kier alpha value is -4.33. The number of piperidine rings is 1. The first-order valence-corrected chi connectivity index (χ1v) is 12.5. The van der Waals surface area contributed by atoms with Crippen LogP contribution in [0.3, 0.4) is 0 Å². The Morgan fingerprint density at radius 2 is 1.94 bits per heavy atom. The smallest absolute Gasteiger partial charge is 0.254 e. The van der Waals surface area contributed by atoms with Gasteiger partial charge < -0.3 is 20.9 Å². The number of carbonyl (C=O) groups excluding carboxylic acids is 1. The minimum absolute atomic E-state index is 0.134. The number of nitrogens with zero attached hydrogens (tertiary/aromatic N) is 4. The Bertz CT molecular complexity index is 1590. The number of hydrogen-bond donors (Lipinski definition) is 3. The van der Waals surface area contributed by atoms with Crippen LogP contribution in [0.5, 0.6) is 0 Å². The predicted octanol–water partition coefficient (Wildman–Crippen LogP) is 4.45. The summed E-state index contributed by atoms with van der Waals surface area (Å²) in [5.41, 5.74) is 13.1. The number of H-pyrrole nitrogens is 1. The van der Waals surface area contributed by atoms with E-state index in [2.05, 4.69) is 44.0 Å². The van der Waals surface area contributed by atoms with Crippen molar-refractivity contribution < 1.29 is 4.79 Å². The van der Waals surface area contributed by atoms with Crippen molar-refractivity contribution in [3.8, 4) is 11.4 Å². The summed E-state index contributed by atoms with van der Waals surface area (Å²) in [4.78, 5) is 28.3. The Labute approximate surface area is 208 Å². The second-order valence-electron chi connectivity index (χ2n) is 9.69. The minimum atomic E-state index is 0.134. The van der Waals surface area contributed by atoms with Gasteiger partial charge in [0.2, 0.25) is 0 Å². The van der Waals surface area contributed by atoms with Crippen molar-refractivity contribution >= 4 is 33.8 Å². The first-order chi connectivity index (χ1) is 17.7. The lowest BCUT2D eigenvalue weighted by Gasteiger charge is -2.32. The minimum Gasteiger partial charge on any atom is -0.384 e. The lowest BCUT2D eigenvalue weighted by molar-refractivity contribution is 0.0710. The Morgan fingerprint density at radius 1 is 1.08 bits per heavy atom. The van der Waals surface area contributed by atoms with Gasteiger partial charge in [-0.3, -0.25) is 9.20 Å². The molecule has 8 nitrogen and oxygen atoms in total. The maximum absolute atomic E-state index is 13.4. The zero-order valence-corrected chi connectivity index (χ0v) is 19.9. The number of likely N-dealkylation sites (tertiary alicyclic amines) is 1. The van der Waals surface area contributed by atoms with E-state index in [4.69, 9.17) is 10.7 Å². The van der Waals surface area contributed by atoms with E-state index in [0.717, 1.165) is 76.3 Å². The number of aromatic amines is 1. The van der Waals surface area contributed by atoms with Gasteiger partial charge in [0.15, 0.2) is 0 Å². The number of amides is 1. The van der Waals surface area contributed by atoms with E-state index in [0.29, 0.717) is 18.9 Å². The summed E-state index contributed by atoms with van der Waals surface area (Å²) in [7, 11) is 0. The number of nitrogens with two attached hydrogens (primary N) is 1. The van der Waals surface area contributed by atoms with Gasteiger partial charge in [0.05, 0.1) is 5.69 Å². The third kappa shape index (κ3) is 3.25. The number of carbonyl (C=O) groups is 1. The topological polar surface area (TPSA) is 104 Å². The summed E-state index contributed by atoms with van der Waals surface area (Å²) in [6.45, 7) is 2.31. The SMILES string of the molecule is Nc1nccn2c(C3CCN(C(=O)c4cccc5c4CCN5)CC3)nc(-c3cc4ccccc4[nH]3)c12. The van der Waals surface area contributed by atoms with Crippen LogP contribution in [-0.4, -0.2) is 49.8 Å². The van der Waals surface area contributed by atoms with Gasteiger partial charge in [0, 0.05) is 60.1 Å². The van der Waals surface area contributed by atoms with Crippen LogP contribution in [-0.2, 0) is 6.42 Å². The maximum atomic E-state index is 13.4. The molecule has 0 atom stereocenters. The van der Waals surface area contributed by atoms with Crippen LogP contribution >= 0.6 is 0 Å². The number of hydrogen-bond acceptors (Lipinski definition) is 5. The van der Waals surface area contributed by atoms with Crippen molar-refractivity contribution in [3.05, 3.63) is 77.9 Å². The average molecular weight is 478 g/mol. The second-order valence-corrected chi connectivity index (χ2v) is 9.69. The van der Waals surface area contributed by atoms with Crippen LogP contribution in [0.2, 0.25) is 0 Å². The van der Waals surface area contributed by atoms with Crippen molar-refractivity contribution in [2.24, 2.45) is 0 Å². The standard InChI is InChI=1S/C28H27N7O/c29-26-25-24(23-16-18-4-1-2-6-21(18)32-23)33-27(35(25)15-12-31-26)17-9-13-34(14-10-17)28(36)20-5-3-7-22-19(20)8-11-30-22/h1-7,12,15-17,30,32H,8-11,13-14H2,(H2,29,31). The van der Waals surface area contributed by atoms with Gasteiger partial charge in [-0.2, -0.15) is 0 Å². The molecule has 2 aliphatic heterocycles.